The Kier molecular flexibility index (Phi) is 38.1. The second-order valence-corrected chi connectivity index (χ2v) is 15.5. The summed E-state index contributed by atoms with van der Waals surface area (Å²) < 4.78 is 22.1. The van der Waals surface area contributed by atoms with E-state index < -0.39 is 55.4 Å². The van der Waals surface area contributed by atoms with E-state index >= 15 is 0 Å². The molecule has 0 aliphatic carbocycles. The summed E-state index contributed by atoms with van der Waals surface area (Å²) in [6, 6.07) is 0. The molecule has 0 radical (unpaired) electrons. The summed E-state index contributed by atoms with van der Waals surface area (Å²) in [5.74, 6) is -0.954. The number of ether oxygens (including phenoxy) is 4. The summed E-state index contributed by atoms with van der Waals surface area (Å²) in [4.78, 5) is 25.3. The van der Waals surface area contributed by atoms with Crippen molar-refractivity contribution in [3.63, 3.8) is 0 Å². The molecule has 4 N–H and O–H groups in total. The van der Waals surface area contributed by atoms with E-state index in [0.29, 0.717) is 12.8 Å². The molecule has 0 spiro atoms. The summed E-state index contributed by atoms with van der Waals surface area (Å²) >= 11 is 0. The second kappa shape index (κ2) is 42.1. The smallest absolute Gasteiger partial charge is 0.306 e. The lowest BCUT2D eigenvalue weighted by Crippen LogP contribution is -2.59. The van der Waals surface area contributed by atoms with E-state index in [1.165, 1.54) is 25.7 Å². The molecule has 1 saturated heterocycles. The summed E-state index contributed by atoms with van der Waals surface area (Å²) in [5.41, 5.74) is 0. The zero-order valence-electron chi connectivity index (χ0n) is 38.5. The minimum atomic E-state index is -1.62. The molecule has 0 aromatic carbocycles. The van der Waals surface area contributed by atoms with Crippen molar-refractivity contribution in [3.05, 3.63) is 122 Å². The van der Waals surface area contributed by atoms with Gasteiger partial charge in [0.05, 0.1) is 13.2 Å². The first-order chi connectivity index (χ1) is 30.8. The molecule has 2 unspecified atom stereocenters. The summed E-state index contributed by atoms with van der Waals surface area (Å²) in [6.07, 6.45) is 52.1. The molecule has 0 aromatic rings. The van der Waals surface area contributed by atoms with Crippen molar-refractivity contribution in [2.24, 2.45) is 0 Å². The van der Waals surface area contributed by atoms with Crippen LogP contribution in [0.15, 0.2) is 122 Å². The Balaban J connectivity index is 2.41. The first-order valence-electron chi connectivity index (χ1n) is 23.6. The first kappa shape index (κ1) is 57.1. The fourth-order valence-electron chi connectivity index (χ4n) is 6.14. The van der Waals surface area contributed by atoms with Gasteiger partial charge in [0.2, 0.25) is 0 Å². The maximum atomic E-state index is 12.8. The van der Waals surface area contributed by atoms with Crippen molar-refractivity contribution >= 4 is 11.9 Å². The molecular weight excluding hydrogens is 797 g/mol. The third kappa shape index (κ3) is 33.3. The second-order valence-electron chi connectivity index (χ2n) is 15.5. The first-order valence-corrected chi connectivity index (χ1v) is 23.6. The fraction of sp³-hybridized carbons (Fsp3) is 0.585. The quantitative estimate of drug-likeness (QED) is 0.0270. The van der Waals surface area contributed by atoms with Crippen molar-refractivity contribution < 1.29 is 49.0 Å². The number of carbonyl (C=O) groups is 2. The molecule has 0 bridgehead atoms. The molecule has 1 fully saturated rings. The number of aliphatic hydroxyl groups is 4. The number of unbranched alkanes of at least 4 members (excludes halogenated alkanes) is 6. The van der Waals surface area contributed by atoms with Crippen LogP contribution in [0.3, 0.4) is 0 Å². The number of allylic oxidation sites excluding steroid dienone is 20. The third-order valence-corrected chi connectivity index (χ3v) is 9.84. The lowest BCUT2D eigenvalue weighted by molar-refractivity contribution is -0.305. The van der Waals surface area contributed by atoms with Crippen LogP contribution in [0, 0.1) is 0 Å². The number of hydrogen-bond acceptors (Lipinski definition) is 10. The molecule has 1 heterocycles. The van der Waals surface area contributed by atoms with E-state index in [2.05, 4.69) is 123 Å². The fourth-order valence-corrected chi connectivity index (χ4v) is 6.14. The van der Waals surface area contributed by atoms with Crippen molar-refractivity contribution in [1.82, 2.24) is 0 Å². The lowest BCUT2D eigenvalue weighted by Gasteiger charge is -2.39. The average molecular weight is 879 g/mol. The third-order valence-electron chi connectivity index (χ3n) is 9.84. The molecular formula is C53H82O10. The van der Waals surface area contributed by atoms with Crippen molar-refractivity contribution in [2.75, 3.05) is 19.8 Å². The summed E-state index contributed by atoms with van der Waals surface area (Å²) in [5, 5.41) is 40.1. The van der Waals surface area contributed by atoms with E-state index in [1.807, 2.05) is 12.2 Å². The van der Waals surface area contributed by atoms with Gasteiger partial charge in [-0.05, 0) is 96.3 Å². The highest BCUT2D eigenvalue weighted by Gasteiger charge is 2.44. The van der Waals surface area contributed by atoms with Gasteiger partial charge in [-0.15, -0.1) is 0 Å². The molecule has 10 heteroatoms. The van der Waals surface area contributed by atoms with Gasteiger partial charge in [-0.2, -0.15) is 0 Å². The lowest BCUT2D eigenvalue weighted by atomic mass is 9.99. The molecule has 0 saturated carbocycles. The SMILES string of the molecule is CC/C=C/C/C=C/C/C=C/C/C=C/C/C=C/C/C=C/CCC(=O)O[C@@H](COC(=O)CCCCC/C=C/C/C=C/C/C=C/C/C=C/CCCCC)CO[C@H]1O[C@@H](CO)[C@@H](O)C(O)C1O. The highest BCUT2D eigenvalue weighted by Crippen LogP contribution is 2.22. The number of aliphatic hydroxyl groups excluding tert-OH is 4. The Morgan fingerprint density at radius 2 is 0.968 bits per heavy atom. The van der Waals surface area contributed by atoms with Gasteiger partial charge in [0.1, 0.15) is 31.0 Å². The van der Waals surface area contributed by atoms with E-state index in [1.54, 1.807) is 0 Å². The molecule has 1 aliphatic heterocycles. The number of esters is 2. The summed E-state index contributed by atoms with van der Waals surface area (Å²) in [6.45, 7) is 3.15. The van der Waals surface area contributed by atoms with Crippen LogP contribution in [-0.4, -0.2) is 89.0 Å². The molecule has 1 aliphatic rings. The van der Waals surface area contributed by atoms with Gasteiger partial charge in [0, 0.05) is 12.8 Å². The molecule has 6 atom stereocenters. The van der Waals surface area contributed by atoms with Crippen LogP contribution >= 0.6 is 0 Å². The van der Waals surface area contributed by atoms with Gasteiger partial charge in [-0.1, -0.05) is 155 Å². The Hall–Kier alpha value is -3.90. The highest BCUT2D eigenvalue weighted by molar-refractivity contribution is 5.70. The van der Waals surface area contributed by atoms with Crippen LogP contribution in [0.4, 0.5) is 0 Å². The zero-order valence-corrected chi connectivity index (χ0v) is 38.5. The normalized spacial score (nSPS) is 20.6. The molecule has 63 heavy (non-hydrogen) atoms. The van der Waals surface area contributed by atoms with Gasteiger partial charge in [-0.3, -0.25) is 9.59 Å². The van der Waals surface area contributed by atoms with Crippen LogP contribution in [0.25, 0.3) is 0 Å². The van der Waals surface area contributed by atoms with Crippen LogP contribution in [0.5, 0.6) is 0 Å². The van der Waals surface area contributed by atoms with Gasteiger partial charge in [0.25, 0.3) is 0 Å². The standard InChI is InChI=1S/C53H82O10/c1-3-5-7-9-11-13-15-17-19-21-23-25-27-29-31-33-35-37-39-41-48(55)60-44-46(45-61-53-52(59)51(58)50(57)47(43-54)63-53)62-49(56)42-40-38-36-34-32-30-28-26-24-22-20-18-16-14-12-10-8-6-4-2/h6,8,11-14,17-20,23-26,29-32,36,38,46-47,50-54,57-59H,3-5,7,9-10,15-16,21-22,27-28,33-35,37,39-45H2,1-2H3/b8-6+,13-11+,14-12+,19-17+,20-18+,25-23+,26-24+,31-29+,32-30+,38-36+/t46-,47-,50+,51?,52?,53-/m0/s1. The molecule has 0 amide bonds. The Bertz CT molecular complexity index is 1430. The maximum absolute atomic E-state index is 12.8. The van der Waals surface area contributed by atoms with Crippen molar-refractivity contribution in [1.29, 1.82) is 0 Å². The monoisotopic (exact) mass is 879 g/mol. The van der Waals surface area contributed by atoms with Crippen molar-refractivity contribution in [2.45, 2.75) is 179 Å². The average Bonchev–Trinajstić information content (AvgIpc) is 3.28. The van der Waals surface area contributed by atoms with Crippen LogP contribution in [0.1, 0.15) is 142 Å². The van der Waals surface area contributed by atoms with Crippen LogP contribution in [-0.2, 0) is 28.5 Å². The Morgan fingerprint density at radius 1 is 0.508 bits per heavy atom. The van der Waals surface area contributed by atoms with Gasteiger partial charge >= 0.3 is 11.9 Å². The maximum Gasteiger partial charge on any atom is 0.306 e. The highest BCUT2D eigenvalue weighted by atomic mass is 16.7. The van der Waals surface area contributed by atoms with Crippen molar-refractivity contribution in [3.8, 4) is 0 Å². The zero-order chi connectivity index (χ0) is 45.9. The largest absolute Gasteiger partial charge is 0.462 e. The molecule has 1 rings (SSSR count). The van der Waals surface area contributed by atoms with Crippen LogP contribution < -0.4 is 0 Å². The molecule has 10 nitrogen and oxygen atoms in total. The van der Waals surface area contributed by atoms with Gasteiger partial charge in [0.15, 0.2) is 12.4 Å². The number of hydrogen-bond donors (Lipinski definition) is 4. The molecule has 0 aromatic heterocycles. The Labute approximate surface area is 380 Å². The Morgan fingerprint density at radius 3 is 1.44 bits per heavy atom. The topological polar surface area (TPSA) is 152 Å². The molecule has 354 valence electrons. The number of rotatable bonds is 37. The van der Waals surface area contributed by atoms with Gasteiger partial charge in [-0.25, -0.2) is 0 Å². The summed E-state index contributed by atoms with van der Waals surface area (Å²) in [7, 11) is 0. The van der Waals surface area contributed by atoms with E-state index in [-0.39, 0.29) is 26.1 Å². The van der Waals surface area contributed by atoms with Gasteiger partial charge < -0.3 is 39.4 Å². The predicted octanol–water partition coefficient (Wildman–Crippen LogP) is 10.7. The minimum absolute atomic E-state index is 0.0894. The van der Waals surface area contributed by atoms with Crippen LogP contribution in [0.2, 0.25) is 0 Å². The minimum Gasteiger partial charge on any atom is -0.462 e. The van der Waals surface area contributed by atoms with E-state index in [4.69, 9.17) is 18.9 Å². The number of carbonyl (C=O) groups excluding carboxylic acids is 2. The van der Waals surface area contributed by atoms with E-state index in [9.17, 15) is 30.0 Å². The predicted molar refractivity (Wildman–Crippen MR) is 256 cm³/mol. The van der Waals surface area contributed by atoms with E-state index in [0.717, 1.165) is 77.0 Å².